The van der Waals surface area contributed by atoms with Gasteiger partial charge in [0.15, 0.2) is 9.84 Å². The number of aldehydes is 1. The van der Waals surface area contributed by atoms with E-state index in [2.05, 4.69) is 0 Å². The van der Waals surface area contributed by atoms with E-state index in [1.54, 1.807) is 24.3 Å². The van der Waals surface area contributed by atoms with E-state index in [4.69, 9.17) is 4.74 Å². The Balaban J connectivity index is 1.64. The molecule has 2 aromatic carbocycles. The Morgan fingerprint density at radius 2 is 2.00 bits per heavy atom. The average molecular weight is 418 g/mol. The molecule has 0 aromatic heterocycles. The normalized spacial score (nSPS) is 19.2. The van der Waals surface area contributed by atoms with E-state index in [9.17, 15) is 18.3 Å². The van der Waals surface area contributed by atoms with Crippen molar-refractivity contribution in [2.45, 2.75) is 32.0 Å². The maximum absolute atomic E-state index is 12.0. The molecule has 7 heteroatoms. The van der Waals surface area contributed by atoms with E-state index < -0.39 is 15.9 Å². The monoisotopic (exact) mass is 417 g/mol. The van der Waals surface area contributed by atoms with Crippen LogP contribution in [0.2, 0.25) is 0 Å². The van der Waals surface area contributed by atoms with Gasteiger partial charge in [0.25, 0.3) is 0 Å². The van der Waals surface area contributed by atoms with Crippen LogP contribution >= 0.6 is 0 Å². The Hall–Kier alpha value is -2.22. The number of rotatable bonds is 9. The largest absolute Gasteiger partial charge is 0.491 e. The molecule has 1 saturated heterocycles. The summed E-state index contributed by atoms with van der Waals surface area (Å²) in [5.41, 5.74) is 2.75. The third-order valence-corrected chi connectivity index (χ3v) is 6.86. The van der Waals surface area contributed by atoms with Crippen LogP contribution in [0.4, 0.5) is 0 Å². The fourth-order valence-electron chi connectivity index (χ4n) is 3.53. The summed E-state index contributed by atoms with van der Waals surface area (Å²) in [5.74, 6) is 0.822. The van der Waals surface area contributed by atoms with Crippen LogP contribution < -0.4 is 4.74 Å². The number of benzene rings is 2. The summed E-state index contributed by atoms with van der Waals surface area (Å²) in [4.78, 5) is 12.9. The predicted octanol–water partition coefficient (Wildman–Crippen LogP) is 2.24. The molecular weight excluding hydrogens is 390 g/mol. The summed E-state index contributed by atoms with van der Waals surface area (Å²) in [6, 6.07) is 14.7. The van der Waals surface area contributed by atoms with Gasteiger partial charge in [-0.1, -0.05) is 42.0 Å². The summed E-state index contributed by atoms with van der Waals surface area (Å²) in [6.45, 7) is 2.96. The topological polar surface area (TPSA) is 83.9 Å². The lowest BCUT2D eigenvalue weighted by Gasteiger charge is -2.30. The average Bonchev–Trinajstić information content (AvgIpc) is 3.07. The van der Waals surface area contributed by atoms with E-state index in [0.29, 0.717) is 30.8 Å². The van der Waals surface area contributed by atoms with Crippen LogP contribution in [0.25, 0.3) is 0 Å². The molecule has 2 unspecified atom stereocenters. The second kappa shape index (κ2) is 9.52. The summed E-state index contributed by atoms with van der Waals surface area (Å²) < 4.78 is 29.5. The van der Waals surface area contributed by atoms with Gasteiger partial charge < -0.3 is 9.84 Å². The predicted molar refractivity (Wildman–Crippen MR) is 112 cm³/mol. The van der Waals surface area contributed by atoms with Crippen molar-refractivity contribution >= 4 is 16.1 Å². The SMILES string of the molecule is Cc1ccc(CN(CC(O)COc2cccc(C=O)c2)C2CCS(=O)(=O)C2)cc1. The van der Waals surface area contributed by atoms with Gasteiger partial charge in [-0.25, -0.2) is 8.42 Å². The fraction of sp³-hybridized carbons (Fsp3) is 0.409. The van der Waals surface area contributed by atoms with Gasteiger partial charge in [-0.15, -0.1) is 0 Å². The van der Waals surface area contributed by atoms with Gasteiger partial charge in [0.1, 0.15) is 24.7 Å². The first kappa shape index (κ1) is 21.5. The number of aliphatic hydroxyl groups is 1. The van der Waals surface area contributed by atoms with Gasteiger partial charge in [-0.3, -0.25) is 9.69 Å². The molecule has 1 aliphatic heterocycles. The van der Waals surface area contributed by atoms with Gasteiger partial charge in [0, 0.05) is 24.7 Å². The van der Waals surface area contributed by atoms with Crippen LogP contribution in [-0.4, -0.2) is 61.5 Å². The molecule has 0 amide bonds. The van der Waals surface area contributed by atoms with Gasteiger partial charge in [0.2, 0.25) is 0 Å². The molecule has 2 aromatic rings. The molecule has 156 valence electrons. The molecule has 1 fully saturated rings. The lowest BCUT2D eigenvalue weighted by Crippen LogP contribution is -2.42. The molecule has 0 aliphatic carbocycles. The summed E-state index contributed by atoms with van der Waals surface area (Å²) >= 11 is 0. The van der Waals surface area contributed by atoms with Crippen LogP contribution in [-0.2, 0) is 16.4 Å². The zero-order chi connectivity index (χ0) is 20.9. The number of aryl methyl sites for hydroxylation is 1. The molecule has 1 aliphatic rings. The van der Waals surface area contributed by atoms with Crippen molar-refractivity contribution in [1.82, 2.24) is 4.90 Å². The first-order valence-electron chi connectivity index (χ1n) is 9.71. The van der Waals surface area contributed by atoms with Gasteiger partial charge in [0.05, 0.1) is 11.5 Å². The van der Waals surface area contributed by atoms with Crippen molar-refractivity contribution in [2.24, 2.45) is 0 Å². The van der Waals surface area contributed by atoms with E-state index in [-0.39, 0.29) is 24.2 Å². The highest BCUT2D eigenvalue weighted by Gasteiger charge is 2.33. The van der Waals surface area contributed by atoms with E-state index in [1.165, 1.54) is 0 Å². The number of carbonyl (C=O) groups is 1. The van der Waals surface area contributed by atoms with E-state index in [0.717, 1.165) is 17.4 Å². The second-order valence-electron chi connectivity index (χ2n) is 7.63. The minimum Gasteiger partial charge on any atom is -0.491 e. The second-order valence-corrected chi connectivity index (χ2v) is 9.86. The zero-order valence-electron chi connectivity index (χ0n) is 16.5. The minimum atomic E-state index is -3.03. The highest BCUT2D eigenvalue weighted by molar-refractivity contribution is 7.91. The Labute approximate surface area is 172 Å². The summed E-state index contributed by atoms with van der Waals surface area (Å²) in [5, 5.41) is 10.5. The number of nitrogens with zero attached hydrogens (tertiary/aromatic N) is 1. The Bertz CT molecular complexity index is 926. The number of hydrogen-bond donors (Lipinski definition) is 1. The van der Waals surface area contributed by atoms with Crippen molar-refractivity contribution in [1.29, 1.82) is 0 Å². The van der Waals surface area contributed by atoms with Gasteiger partial charge in [-0.2, -0.15) is 0 Å². The van der Waals surface area contributed by atoms with Crippen LogP contribution in [0.5, 0.6) is 5.75 Å². The molecule has 2 atom stereocenters. The van der Waals surface area contributed by atoms with Crippen molar-refractivity contribution < 1.29 is 23.1 Å². The number of aliphatic hydroxyl groups excluding tert-OH is 1. The first-order valence-corrected chi connectivity index (χ1v) is 11.5. The van der Waals surface area contributed by atoms with Crippen molar-refractivity contribution in [3.8, 4) is 5.75 Å². The Morgan fingerprint density at radius 3 is 2.66 bits per heavy atom. The third-order valence-electron chi connectivity index (χ3n) is 5.11. The van der Waals surface area contributed by atoms with E-state index >= 15 is 0 Å². The third kappa shape index (κ3) is 6.39. The standard InChI is InChI=1S/C22H27NO5S/c1-17-5-7-18(8-6-17)12-23(20-9-10-29(26,27)16-20)13-21(25)15-28-22-4-2-3-19(11-22)14-24/h2-8,11,14,20-21,25H,9-10,12-13,15-16H2,1H3. The Morgan fingerprint density at radius 1 is 1.24 bits per heavy atom. The number of hydrogen-bond acceptors (Lipinski definition) is 6. The molecule has 29 heavy (non-hydrogen) atoms. The molecule has 1 heterocycles. The van der Waals surface area contributed by atoms with Crippen LogP contribution in [0, 0.1) is 6.92 Å². The summed E-state index contributed by atoms with van der Waals surface area (Å²) in [6.07, 6.45) is 0.527. The molecule has 0 spiro atoms. The molecular formula is C22H27NO5S. The van der Waals surface area contributed by atoms with Crippen LogP contribution in [0.3, 0.4) is 0 Å². The number of carbonyl (C=O) groups excluding carboxylic acids is 1. The molecule has 0 saturated carbocycles. The quantitative estimate of drug-likeness (QED) is 0.630. The van der Waals surface area contributed by atoms with Crippen molar-refractivity contribution in [3.05, 3.63) is 65.2 Å². The molecule has 0 radical (unpaired) electrons. The summed E-state index contributed by atoms with van der Waals surface area (Å²) in [7, 11) is -3.03. The smallest absolute Gasteiger partial charge is 0.151 e. The fourth-order valence-corrected chi connectivity index (χ4v) is 5.29. The number of sulfone groups is 1. The van der Waals surface area contributed by atoms with Crippen LogP contribution in [0.15, 0.2) is 48.5 Å². The highest BCUT2D eigenvalue weighted by atomic mass is 32.2. The van der Waals surface area contributed by atoms with Crippen molar-refractivity contribution in [3.63, 3.8) is 0 Å². The highest BCUT2D eigenvalue weighted by Crippen LogP contribution is 2.21. The lowest BCUT2D eigenvalue weighted by atomic mass is 10.1. The number of ether oxygens (including phenoxy) is 1. The van der Waals surface area contributed by atoms with Crippen molar-refractivity contribution in [2.75, 3.05) is 24.7 Å². The molecule has 3 rings (SSSR count). The Kier molecular flexibility index (Phi) is 7.05. The maximum atomic E-state index is 12.0. The zero-order valence-corrected chi connectivity index (χ0v) is 17.3. The molecule has 0 bridgehead atoms. The molecule has 6 nitrogen and oxygen atoms in total. The van der Waals surface area contributed by atoms with E-state index in [1.807, 2.05) is 36.1 Å². The van der Waals surface area contributed by atoms with Gasteiger partial charge in [-0.05, 0) is 31.0 Å². The van der Waals surface area contributed by atoms with Gasteiger partial charge >= 0.3 is 0 Å². The van der Waals surface area contributed by atoms with Crippen LogP contribution in [0.1, 0.15) is 27.9 Å². The lowest BCUT2D eigenvalue weighted by molar-refractivity contribution is 0.0524. The maximum Gasteiger partial charge on any atom is 0.151 e. The minimum absolute atomic E-state index is 0.0617. The molecule has 1 N–H and O–H groups in total. The first-order chi connectivity index (χ1) is 13.8.